The first-order chi connectivity index (χ1) is 7.29. The van der Waals surface area contributed by atoms with Crippen LogP contribution in [0.5, 0.6) is 0 Å². The van der Waals surface area contributed by atoms with E-state index in [-0.39, 0.29) is 5.38 Å². The number of aromatic nitrogens is 4. The monoisotopic (exact) mass is 242 g/mol. The van der Waals surface area contributed by atoms with E-state index in [1.165, 1.54) is 0 Å². The van der Waals surface area contributed by atoms with Gasteiger partial charge in [-0.3, -0.25) is 0 Å². The van der Waals surface area contributed by atoms with Crippen molar-refractivity contribution in [3.63, 3.8) is 0 Å². The highest BCUT2D eigenvalue weighted by atomic mass is 35.5. The molecule has 0 fully saturated rings. The van der Waals surface area contributed by atoms with Gasteiger partial charge in [0, 0.05) is 11.6 Å². The summed E-state index contributed by atoms with van der Waals surface area (Å²) >= 11 is 7.67. The summed E-state index contributed by atoms with van der Waals surface area (Å²) in [6.07, 6.45) is 4.52. The first-order valence-corrected chi connectivity index (χ1v) is 6.03. The van der Waals surface area contributed by atoms with Gasteiger partial charge in [0.1, 0.15) is 10.7 Å². The zero-order chi connectivity index (χ0) is 10.7. The van der Waals surface area contributed by atoms with E-state index in [1.54, 1.807) is 22.2 Å². The van der Waals surface area contributed by atoms with Crippen molar-refractivity contribution in [2.75, 3.05) is 0 Å². The van der Waals surface area contributed by atoms with E-state index in [9.17, 15) is 0 Å². The van der Waals surface area contributed by atoms with Crippen LogP contribution in [0.25, 0.3) is 0 Å². The number of hydrogen-bond acceptors (Lipinski definition) is 4. The summed E-state index contributed by atoms with van der Waals surface area (Å²) in [6, 6.07) is 0. The predicted octanol–water partition coefficient (Wildman–Crippen LogP) is 2.47. The lowest BCUT2D eigenvalue weighted by atomic mass is 10.3. The van der Waals surface area contributed by atoms with Crippen LogP contribution in [-0.4, -0.2) is 20.0 Å². The van der Waals surface area contributed by atoms with Crippen LogP contribution in [0.2, 0.25) is 0 Å². The van der Waals surface area contributed by atoms with Crippen molar-refractivity contribution in [2.45, 2.75) is 25.3 Å². The Hall–Kier alpha value is -0.940. The van der Waals surface area contributed by atoms with Crippen LogP contribution in [0.1, 0.15) is 29.4 Å². The van der Waals surface area contributed by atoms with Crippen LogP contribution >= 0.6 is 22.9 Å². The Bertz CT molecular complexity index is 411. The van der Waals surface area contributed by atoms with Crippen molar-refractivity contribution in [3.8, 4) is 0 Å². The number of alkyl halides is 1. The predicted molar refractivity (Wildman–Crippen MR) is 60.1 cm³/mol. The zero-order valence-corrected chi connectivity index (χ0v) is 9.87. The minimum Gasteiger partial charge on any atom is -0.248 e. The van der Waals surface area contributed by atoms with E-state index >= 15 is 0 Å². The maximum Gasteiger partial charge on any atom is 0.114 e. The number of halogens is 1. The normalized spacial score (nSPS) is 12.9. The van der Waals surface area contributed by atoms with Gasteiger partial charge in [0.05, 0.1) is 18.1 Å². The molecule has 0 spiro atoms. The molecule has 15 heavy (non-hydrogen) atoms. The molecule has 0 amide bonds. The van der Waals surface area contributed by atoms with Gasteiger partial charge < -0.3 is 0 Å². The van der Waals surface area contributed by atoms with Gasteiger partial charge in [0.25, 0.3) is 0 Å². The lowest BCUT2D eigenvalue weighted by Gasteiger charge is -1.98. The van der Waals surface area contributed by atoms with Gasteiger partial charge in [-0.1, -0.05) is 12.1 Å². The SMILES string of the molecule is CCC(Cl)c1cn(Cc2nccs2)nn1. The lowest BCUT2D eigenvalue weighted by Crippen LogP contribution is -1.99. The molecule has 2 rings (SSSR count). The Morgan fingerprint density at radius 1 is 1.60 bits per heavy atom. The third-order valence-electron chi connectivity index (χ3n) is 2.02. The Kier molecular flexibility index (Phi) is 3.33. The molecule has 1 unspecified atom stereocenters. The molecule has 0 bridgehead atoms. The van der Waals surface area contributed by atoms with Gasteiger partial charge in [0.15, 0.2) is 0 Å². The Balaban J connectivity index is 2.07. The highest BCUT2D eigenvalue weighted by Gasteiger charge is 2.10. The molecule has 0 aliphatic heterocycles. The maximum absolute atomic E-state index is 6.06. The van der Waals surface area contributed by atoms with Crippen molar-refractivity contribution >= 4 is 22.9 Å². The molecule has 1 atom stereocenters. The molecule has 0 aliphatic rings. The number of nitrogens with zero attached hydrogens (tertiary/aromatic N) is 4. The third kappa shape index (κ3) is 2.54. The van der Waals surface area contributed by atoms with Crippen LogP contribution in [-0.2, 0) is 6.54 Å². The summed E-state index contributed by atoms with van der Waals surface area (Å²) in [7, 11) is 0. The molecule has 0 N–H and O–H groups in total. The van der Waals surface area contributed by atoms with Gasteiger partial charge in [-0.25, -0.2) is 9.67 Å². The quantitative estimate of drug-likeness (QED) is 0.774. The fourth-order valence-corrected chi connectivity index (χ4v) is 1.92. The highest BCUT2D eigenvalue weighted by Crippen LogP contribution is 2.20. The molecule has 4 nitrogen and oxygen atoms in total. The second-order valence-electron chi connectivity index (χ2n) is 3.14. The molecule has 0 saturated carbocycles. The van der Waals surface area contributed by atoms with Gasteiger partial charge in [0.2, 0.25) is 0 Å². The molecule has 2 aromatic rings. The minimum absolute atomic E-state index is 0.0463. The summed E-state index contributed by atoms with van der Waals surface area (Å²) < 4.78 is 1.76. The van der Waals surface area contributed by atoms with Crippen molar-refractivity contribution in [1.82, 2.24) is 20.0 Å². The minimum atomic E-state index is -0.0463. The first kappa shape index (κ1) is 10.6. The molecular weight excluding hydrogens is 232 g/mol. The van der Waals surface area contributed by atoms with Gasteiger partial charge in [-0.2, -0.15) is 0 Å². The van der Waals surface area contributed by atoms with E-state index in [0.29, 0.717) is 6.54 Å². The van der Waals surface area contributed by atoms with Crippen molar-refractivity contribution in [2.24, 2.45) is 0 Å². The summed E-state index contributed by atoms with van der Waals surface area (Å²) in [5.74, 6) is 0. The maximum atomic E-state index is 6.06. The number of thiazole rings is 1. The Labute approximate surface area is 96.9 Å². The smallest absolute Gasteiger partial charge is 0.114 e. The van der Waals surface area contributed by atoms with Crippen LogP contribution < -0.4 is 0 Å². The van der Waals surface area contributed by atoms with Crippen molar-refractivity contribution in [1.29, 1.82) is 0 Å². The van der Waals surface area contributed by atoms with E-state index < -0.39 is 0 Å². The lowest BCUT2D eigenvalue weighted by molar-refractivity contribution is 0.646. The van der Waals surface area contributed by atoms with E-state index in [4.69, 9.17) is 11.6 Å². The molecule has 80 valence electrons. The average Bonchev–Trinajstić information content (AvgIpc) is 2.88. The van der Waals surface area contributed by atoms with Crippen LogP contribution in [0, 0.1) is 0 Å². The number of hydrogen-bond donors (Lipinski definition) is 0. The van der Waals surface area contributed by atoms with Gasteiger partial charge >= 0.3 is 0 Å². The van der Waals surface area contributed by atoms with Crippen molar-refractivity contribution < 1.29 is 0 Å². The zero-order valence-electron chi connectivity index (χ0n) is 8.30. The molecule has 6 heteroatoms. The van der Waals surface area contributed by atoms with Crippen LogP contribution in [0.3, 0.4) is 0 Å². The summed E-state index contributed by atoms with van der Waals surface area (Å²) in [5, 5.41) is 11.0. The second-order valence-corrected chi connectivity index (χ2v) is 4.65. The largest absolute Gasteiger partial charge is 0.248 e. The standard InChI is InChI=1S/C9H11ClN4S/c1-2-7(10)8-5-14(13-12-8)6-9-11-3-4-15-9/h3-5,7H,2,6H2,1H3. The second kappa shape index (κ2) is 4.72. The molecule has 2 aromatic heterocycles. The highest BCUT2D eigenvalue weighted by molar-refractivity contribution is 7.09. The molecule has 0 aromatic carbocycles. The van der Waals surface area contributed by atoms with Crippen LogP contribution in [0.4, 0.5) is 0 Å². The van der Waals surface area contributed by atoms with Crippen LogP contribution in [0.15, 0.2) is 17.8 Å². The van der Waals surface area contributed by atoms with E-state index in [1.807, 2.05) is 18.5 Å². The fourth-order valence-electron chi connectivity index (χ4n) is 1.21. The summed E-state index contributed by atoms with van der Waals surface area (Å²) in [4.78, 5) is 4.18. The first-order valence-electron chi connectivity index (χ1n) is 4.72. The summed E-state index contributed by atoms with van der Waals surface area (Å²) in [6.45, 7) is 2.69. The molecular formula is C9H11ClN4S. The number of rotatable bonds is 4. The molecule has 0 radical (unpaired) electrons. The molecule has 0 aliphatic carbocycles. The molecule has 2 heterocycles. The Morgan fingerprint density at radius 3 is 3.13 bits per heavy atom. The van der Waals surface area contributed by atoms with E-state index in [0.717, 1.165) is 17.1 Å². The van der Waals surface area contributed by atoms with Gasteiger partial charge in [-0.05, 0) is 6.42 Å². The molecule has 0 saturated heterocycles. The Morgan fingerprint density at radius 2 is 2.47 bits per heavy atom. The topological polar surface area (TPSA) is 43.6 Å². The third-order valence-corrected chi connectivity index (χ3v) is 3.31. The average molecular weight is 243 g/mol. The van der Waals surface area contributed by atoms with E-state index in [2.05, 4.69) is 15.3 Å². The fraction of sp³-hybridized carbons (Fsp3) is 0.444. The van der Waals surface area contributed by atoms with Gasteiger partial charge in [-0.15, -0.1) is 28.0 Å². The summed E-state index contributed by atoms with van der Waals surface area (Å²) in [5.41, 5.74) is 0.829. The van der Waals surface area contributed by atoms with Crippen molar-refractivity contribution in [3.05, 3.63) is 28.5 Å².